The van der Waals surface area contributed by atoms with Crippen LogP contribution in [0.2, 0.25) is 0 Å². The van der Waals surface area contributed by atoms with Crippen LogP contribution in [-0.4, -0.2) is 29.4 Å². The summed E-state index contributed by atoms with van der Waals surface area (Å²) in [5.74, 6) is -0.459. The van der Waals surface area contributed by atoms with Gasteiger partial charge in [-0.05, 0) is 31.5 Å². The van der Waals surface area contributed by atoms with Gasteiger partial charge in [-0.2, -0.15) is 5.10 Å². The predicted molar refractivity (Wildman–Crippen MR) is 82.3 cm³/mol. The highest BCUT2D eigenvalue weighted by molar-refractivity contribution is 5.93. The van der Waals surface area contributed by atoms with Crippen molar-refractivity contribution < 1.29 is 13.9 Å². The molecular formula is C16H20FN3O2. The Kier molecular flexibility index (Phi) is 5.27. The Morgan fingerprint density at radius 2 is 2.00 bits per heavy atom. The van der Waals surface area contributed by atoms with Gasteiger partial charge < -0.3 is 10.1 Å². The summed E-state index contributed by atoms with van der Waals surface area (Å²) in [4.78, 5) is 12.1. The number of hydrogen-bond acceptors (Lipinski definition) is 3. The summed E-state index contributed by atoms with van der Waals surface area (Å²) in [5.41, 5.74) is 3.15. The molecule has 0 aliphatic carbocycles. The van der Waals surface area contributed by atoms with Crippen LogP contribution in [0.3, 0.4) is 0 Å². The van der Waals surface area contributed by atoms with Crippen LogP contribution >= 0.6 is 0 Å². The fourth-order valence-corrected chi connectivity index (χ4v) is 2.24. The highest BCUT2D eigenvalue weighted by Gasteiger charge is 2.14. The SMILES string of the molecule is COCCn1nc(C)c(NC(=O)Cc2ccc(F)cc2)c1C. The highest BCUT2D eigenvalue weighted by atomic mass is 19.1. The molecule has 1 N–H and O–H groups in total. The summed E-state index contributed by atoms with van der Waals surface area (Å²) in [7, 11) is 1.64. The number of carbonyl (C=O) groups excluding carboxylic acids is 1. The van der Waals surface area contributed by atoms with Gasteiger partial charge in [-0.1, -0.05) is 12.1 Å². The topological polar surface area (TPSA) is 56.1 Å². The number of benzene rings is 1. The van der Waals surface area contributed by atoms with Crippen LogP contribution in [0.5, 0.6) is 0 Å². The van der Waals surface area contributed by atoms with Crippen LogP contribution in [0.25, 0.3) is 0 Å². The number of rotatable bonds is 6. The van der Waals surface area contributed by atoms with Gasteiger partial charge in [0.2, 0.25) is 5.91 Å². The number of ether oxygens (including phenoxy) is 1. The molecule has 0 spiro atoms. The zero-order valence-electron chi connectivity index (χ0n) is 13.0. The number of aromatic nitrogens is 2. The lowest BCUT2D eigenvalue weighted by Gasteiger charge is -2.07. The molecule has 22 heavy (non-hydrogen) atoms. The molecular weight excluding hydrogens is 285 g/mol. The summed E-state index contributed by atoms with van der Waals surface area (Å²) in [5, 5.41) is 7.27. The highest BCUT2D eigenvalue weighted by Crippen LogP contribution is 2.19. The van der Waals surface area contributed by atoms with Gasteiger partial charge in [0.25, 0.3) is 0 Å². The second kappa shape index (κ2) is 7.17. The van der Waals surface area contributed by atoms with Crippen LogP contribution in [0.15, 0.2) is 24.3 Å². The molecule has 1 amide bonds. The Labute approximate surface area is 129 Å². The first-order chi connectivity index (χ1) is 10.5. The Morgan fingerprint density at radius 3 is 2.64 bits per heavy atom. The first-order valence-electron chi connectivity index (χ1n) is 7.08. The molecule has 0 atom stereocenters. The smallest absolute Gasteiger partial charge is 0.228 e. The number of nitrogens with zero attached hydrogens (tertiary/aromatic N) is 2. The second-order valence-corrected chi connectivity index (χ2v) is 5.11. The zero-order chi connectivity index (χ0) is 16.1. The van der Waals surface area contributed by atoms with Crippen molar-refractivity contribution in [2.75, 3.05) is 19.0 Å². The third kappa shape index (κ3) is 3.92. The predicted octanol–water partition coefficient (Wildman–Crippen LogP) is 2.47. The molecule has 5 nitrogen and oxygen atoms in total. The van der Waals surface area contributed by atoms with Crippen LogP contribution in [-0.2, 0) is 22.5 Å². The lowest BCUT2D eigenvalue weighted by atomic mass is 10.1. The van der Waals surface area contributed by atoms with Crippen molar-refractivity contribution in [3.8, 4) is 0 Å². The zero-order valence-corrected chi connectivity index (χ0v) is 13.0. The molecule has 0 aliphatic rings. The fraction of sp³-hybridized carbons (Fsp3) is 0.375. The Balaban J connectivity index is 2.05. The molecule has 0 saturated heterocycles. The van der Waals surface area contributed by atoms with Crippen molar-refractivity contribution in [2.24, 2.45) is 0 Å². The molecule has 6 heteroatoms. The van der Waals surface area contributed by atoms with Crippen molar-refractivity contribution in [3.63, 3.8) is 0 Å². The van der Waals surface area contributed by atoms with E-state index in [1.807, 2.05) is 18.5 Å². The first-order valence-corrected chi connectivity index (χ1v) is 7.08. The first kappa shape index (κ1) is 16.2. The molecule has 0 saturated carbocycles. The molecule has 2 aromatic rings. The minimum Gasteiger partial charge on any atom is -0.383 e. The van der Waals surface area contributed by atoms with Gasteiger partial charge in [-0.3, -0.25) is 9.48 Å². The standard InChI is InChI=1S/C16H20FN3O2/c1-11-16(12(2)20(19-11)8-9-22-3)18-15(21)10-13-4-6-14(17)7-5-13/h4-7H,8-10H2,1-3H3,(H,18,21). The van der Waals surface area contributed by atoms with Crippen molar-refractivity contribution in [3.05, 3.63) is 47.0 Å². The second-order valence-electron chi connectivity index (χ2n) is 5.11. The molecule has 118 valence electrons. The summed E-state index contributed by atoms with van der Waals surface area (Å²) in [6.07, 6.45) is 0.197. The van der Waals surface area contributed by atoms with Crippen molar-refractivity contribution in [1.82, 2.24) is 9.78 Å². The van der Waals surface area contributed by atoms with Crippen molar-refractivity contribution >= 4 is 11.6 Å². The van der Waals surface area contributed by atoms with Crippen molar-refractivity contribution in [1.29, 1.82) is 0 Å². The van der Waals surface area contributed by atoms with Gasteiger partial charge in [0.15, 0.2) is 0 Å². The van der Waals surface area contributed by atoms with Crippen LogP contribution in [0.4, 0.5) is 10.1 Å². The molecule has 1 heterocycles. The maximum Gasteiger partial charge on any atom is 0.228 e. The van der Waals surface area contributed by atoms with E-state index in [2.05, 4.69) is 10.4 Å². The van der Waals surface area contributed by atoms with Gasteiger partial charge in [0.1, 0.15) is 5.82 Å². The Hall–Kier alpha value is -2.21. The van der Waals surface area contributed by atoms with Crippen molar-refractivity contribution in [2.45, 2.75) is 26.8 Å². The van der Waals surface area contributed by atoms with Crippen LogP contribution < -0.4 is 5.32 Å². The summed E-state index contributed by atoms with van der Waals surface area (Å²) in [6.45, 7) is 4.95. The fourth-order valence-electron chi connectivity index (χ4n) is 2.24. The largest absolute Gasteiger partial charge is 0.383 e. The molecule has 0 radical (unpaired) electrons. The van der Waals surface area contributed by atoms with Crippen LogP contribution in [0.1, 0.15) is 17.0 Å². The number of methoxy groups -OCH3 is 1. The number of amides is 1. The van der Waals surface area contributed by atoms with E-state index in [0.717, 1.165) is 22.6 Å². The third-order valence-corrected chi connectivity index (χ3v) is 3.43. The summed E-state index contributed by atoms with van der Waals surface area (Å²) >= 11 is 0. The maximum atomic E-state index is 12.9. The maximum absolute atomic E-state index is 12.9. The molecule has 1 aromatic heterocycles. The minimum atomic E-state index is -0.310. The molecule has 0 unspecified atom stereocenters. The van der Waals surface area contributed by atoms with Gasteiger partial charge >= 0.3 is 0 Å². The normalized spacial score (nSPS) is 10.7. The van der Waals surface area contributed by atoms with Gasteiger partial charge in [0.05, 0.1) is 36.6 Å². The number of hydrogen-bond donors (Lipinski definition) is 1. The number of aryl methyl sites for hydroxylation is 1. The van der Waals surface area contributed by atoms with Gasteiger partial charge in [0, 0.05) is 7.11 Å². The lowest BCUT2D eigenvalue weighted by molar-refractivity contribution is -0.115. The Morgan fingerprint density at radius 1 is 1.32 bits per heavy atom. The monoisotopic (exact) mass is 305 g/mol. The average molecular weight is 305 g/mol. The summed E-state index contributed by atoms with van der Waals surface area (Å²) < 4.78 is 19.7. The van der Waals surface area contributed by atoms with E-state index in [1.165, 1.54) is 12.1 Å². The number of halogens is 1. The Bertz CT molecular complexity index is 650. The van der Waals surface area contributed by atoms with E-state index in [0.29, 0.717) is 13.2 Å². The molecule has 0 bridgehead atoms. The number of anilines is 1. The van der Waals surface area contributed by atoms with E-state index in [-0.39, 0.29) is 18.1 Å². The lowest BCUT2D eigenvalue weighted by Crippen LogP contribution is -2.15. The number of carbonyl (C=O) groups is 1. The van der Waals surface area contributed by atoms with E-state index in [9.17, 15) is 9.18 Å². The third-order valence-electron chi connectivity index (χ3n) is 3.43. The minimum absolute atomic E-state index is 0.149. The van der Waals surface area contributed by atoms with E-state index < -0.39 is 0 Å². The quantitative estimate of drug-likeness (QED) is 0.892. The average Bonchev–Trinajstić information content (AvgIpc) is 2.75. The van der Waals surface area contributed by atoms with E-state index in [4.69, 9.17) is 4.74 Å². The van der Waals surface area contributed by atoms with E-state index >= 15 is 0 Å². The molecule has 1 aromatic carbocycles. The van der Waals surface area contributed by atoms with Gasteiger partial charge in [-0.15, -0.1) is 0 Å². The molecule has 0 aliphatic heterocycles. The van der Waals surface area contributed by atoms with E-state index in [1.54, 1.807) is 19.2 Å². The molecule has 2 rings (SSSR count). The van der Waals surface area contributed by atoms with Crippen LogP contribution in [0, 0.1) is 19.7 Å². The van der Waals surface area contributed by atoms with Gasteiger partial charge in [-0.25, -0.2) is 4.39 Å². The molecule has 0 fully saturated rings. The summed E-state index contributed by atoms with van der Waals surface area (Å²) in [6, 6.07) is 5.91. The number of nitrogens with one attached hydrogen (secondary N) is 1.